The molecule has 0 saturated heterocycles. The number of carbonyl (C=O) groups excluding carboxylic acids is 2. The summed E-state index contributed by atoms with van der Waals surface area (Å²) in [5.74, 6) is -0.0149. The van der Waals surface area contributed by atoms with E-state index in [1.807, 2.05) is 30.4 Å². The molecule has 0 fully saturated rings. The zero-order chi connectivity index (χ0) is 12.3. The molecule has 1 unspecified atom stereocenters. The second kappa shape index (κ2) is 3.16. The van der Waals surface area contributed by atoms with Crippen molar-refractivity contribution in [1.82, 2.24) is 0 Å². The van der Waals surface area contributed by atoms with Gasteiger partial charge in [-0.3, -0.25) is 9.59 Å². The van der Waals surface area contributed by atoms with Gasteiger partial charge in [0.15, 0.2) is 5.78 Å². The summed E-state index contributed by atoms with van der Waals surface area (Å²) in [6.07, 6.45) is 7.75. The molecular formula is C16H10O2. The Hall–Kier alpha value is -2.22. The molecule has 4 rings (SSSR count). The number of hydrogen-bond acceptors (Lipinski definition) is 2. The fraction of sp³-hybridized carbons (Fsp3) is 0.125. The second-order valence-corrected chi connectivity index (χ2v) is 4.86. The van der Waals surface area contributed by atoms with E-state index < -0.39 is 0 Å². The molecule has 86 valence electrons. The Morgan fingerprint density at radius 2 is 2.06 bits per heavy atom. The highest BCUT2D eigenvalue weighted by atomic mass is 16.1. The van der Waals surface area contributed by atoms with Crippen molar-refractivity contribution in [2.45, 2.75) is 6.42 Å². The van der Waals surface area contributed by atoms with Crippen molar-refractivity contribution in [2.24, 2.45) is 5.92 Å². The zero-order valence-corrected chi connectivity index (χ0v) is 9.64. The molecule has 18 heavy (non-hydrogen) atoms. The van der Waals surface area contributed by atoms with Gasteiger partial charge in [0.1, 0.15) is 5.78 Å². The number of ketones is 2. The van der Waals surface area contributed by atoms with E-state index in [-0.39, 0.29) is 17.5 Å². The molecule has 0 N–H and O–H groups in total. The standard InChI is InChI=1S/C16H10O2/c17-13-7-6-12-14(18)8-10-3-1-2-9-4-5-11(13)16(12)15(9)10/h1-6,8,11H,7H2. The number of rotatable bonds is 0. The van der Waals surface area contributed by atoms with Crippen molar-refractivity contribution >= 4 is 29.3 Å². The molecule has 0 spiro atoms. The van der Waals surface area contributed by atoms with Crippen LogP contribution in [-0.2, 0) is 9.59 Å². The largest absolute Gasteiger partial charge is 0.298 e. The molecule has 3 aliphatic carbocycles. The third kappa shape index (κ3) is 1.07. The molecule has 2 nitrogen and oxygen atoms in total. The van der Waals surface area contributed by atoms with Gasteiger partial charge in [0.25, 0.3) is 0 Å². The predicted octanol–water partition coefficient (Wildman–Crippen LogP) is 0.743. The maximum atomic E-state index is 12.1. The highest BCUT2D eigenvalue weighted by Crippen LogP contribution is 2.33. The quantitative estimate of drug-likeness (QED) is 0.663. The Morgan fingerprint density at radius 3 is 2.94 bits per heavy atom. The Morgan fingerprint density at radius 1 is 1.17 bits per heavy atom. The SMILES string of the molecule is O=C1C=c2cccc3c2=C2C1=CCC(=O)C2C=C3. The van der Waals surface area contributed by atoms with Crippen LogP contribution in [0.25, 0.3) is 17.7 Å². The molecule has 2 heteroatoms. The number of Topliss-reactive ketones (excluding diaryl/α,β-unsaturated/α-hetero) is 2. The van der Waals surface area contributed by atoms with Crippen LogP contribution in [0.5, 0.6) is 0 Å². The Kier molecular flexibility index (Phi) is 1.72. The fourth-order valence-electron chi connectivity index (χ4n) is 3.07. The van der Waals surface area contributed by atoms with Crippen molar-refractivity contribution < 1.29 is 9.59 Å². The molecule has 0 amide bonds. The fourth-order valence-corrected chi connectivity index (χ4v) is 3.07. The van der Waals surface area contributed by atoms with Gasteiger partial charge in [-0.2, -0.15) is 0 Å². The van der Waals surface area contributed by atoms with Crippen LogP contribution in [-0.4, -0.2) is 11.6 Å². The van der Waals surface area contributed by atoms with E-state index in [0.29, 0.717) is 6.42 Å². The molecule has 0 bridgehead atoms. The monoisotopic (exact) mass is 234 g/mol. The van der Waals surface area contributed by atoms with Gasteiger partial charge in [0.2, 0.25) is 0 Å². The molecular weight excluding hydrogens is 224 g/mol. The first-order valence-electron chi connectivity index (χ1n) is 6.06. The van der Waals surface area contributed by atoms with Crippen LogP contribution < -0.4 is 10.4 Å². The Balaban J connectivity index is 2.27. The number of allylic oxidation sites excluding steroid dienone is 3. The molecule has 1 aromatic carbocycles. The van der Waals surface area contributed by atoms with E-state index in [4.69, 9.17) is 0 Å². The van der Waals surface area contributed by atoms with Crippen LogP contribution in [0.15, 0.2) is 35.9 Å². The molecule has 1 aromatic rings. The maximum absolute atomic E-state index is 12.1. The summed E-state index contributed by atoms with van der Waals surface area (Å²) in [7, 11) is 0. The smallest absolute Gasteiger partial charge is 0.186 e. The van der Waals surface area contributed by atoms with E-state index in [0.717, 1.165) is 27.1 Å². The van der Waals surface area contributed by atoms with Crippen LogP contribution in [0.2, 0.25) is 0 Å². The lowest BCUT2D eigenvalue weighted by atomic mass is 9.74. The van der Waals surface area contributed by atoms with E-state index in [9.17, 15) is 9.59 Å². The van der Waals surface area contributed by atoms with Gasteiger partial charge in [-0.05, 0) is 27.6 Å². The lowest BCUT2D eigenvalue weighted by Gasteiger charge is -2.27. The molecule has 0 radical (unpaired) electrons. The highest BCUT2D eigenvalue weighted by molar-refractivity contribution is 6.27. The molecule has 0 saturated carbocycles. The zero-order valence-electron chi connectivity index (χ0n) is 9.64. The molecule has 0 heterocycles. The third-order valence-corrected chi connectivity index (χ3v) is 3.87. The summed E-state index contributed by atoms with van der Waals surface area (Å²) in [6, 6.07) is 5.91. The van der Waals surface area contributed by atoms with Gasteiger partial charge >= 0.3 is 0 Å². The van der Waals surface area contributed by atoms with Crippen LogP contribution in [0.3, 0.4) is 0 Å². The topological polar surface area (TPSA) is 34.1 Å². The van der Waals surface area contributed by atoms with Crippen molar-refractivity contribution in [3.63, 3.8) is 0 Å². The Labute approximate surface area is 104 Å². The second-order valence-electron chi connectivity index (χ2n) is 4.86. The number of benzene rings is 1. The van der Waals surface area contributed by atoms with Crippen molar-refractivity contribution in [3.05, 3.63) is 51.9 Å². The summed E-state index contributed by atoms with van der Waals surface area (Å²) in [4.78, 5) is 24.1. The maximum Gasteiger partial charge on any atom is 0.186 e. The average Bonchev–Trinajstić information content (AvgIpc) is 2.38. The minimum Gasteiger partial charge on any atom is -0.298 e. The third-order valence-electron chi connectivity index (χ3n) is 3.87. The molecule has 0 aliphatic heterocycles. The summed E-state index contributed by atoms with van der Waals surface area (Å²) >= 11 is 0. The van der Waals surface area contributed by atoms with E-state index in [1.165, 1.54) is 0 Å². The van der Waals surface area contributed by atoms with Crippen LogP contribution in [0, 0.1) is 5.92 Å². The minimum absolute atomic E-state index is 0.0300. The molecule has 3 aliphatic rings. The van der Waals surface area contributed by atoms with Crippen LogP contribution in [0.1, 0.15) is 12.0 Å². The van der Waals surface area contributed by atoms with E-state index in [1.54, 1.807) is 12.2 Å². The van der Waals surface area contributed by atoms with Crippen molar-refractivity contribution in [2.75, 3.05) is 0 Å². The first kappa shape index (κ1) is 9.77. The lowest BCUT2D eigenvalue weighted by Crippen LogP contribution is -2.41. The molecule has 1 atom stereocenters. The van der Waals surface area contributed by atoms with Gasteiger partial charge < -0.3 is 0 Å². The van der Waals surface area contributed by atoms with Crippen molar-refractivity contribution in [3.8, 4) is 0 Å². The van der Waals surface area contributed by atoms with Crippen LogP contribution in [0.4, 0.5) is 0 Å². The van der Waals surface area contributed by atoms with Crippen LogP contribution >= 0.6 is 0 Å². The van der Waals surface area contributed by atoms with Gasteiger partial charge in [0, 0.05) is 12.0 Å². The van der Waals surface area contributed by atoms with Crippen molar-refractivity contribution in [1.29, 1.82) is 0 Å². The first-order valence-corrected chi connectivity index (χ1v) is 6.06. The molecule has 0 aromatic heterocycles. The van der Waals surface area contributed by atoms with E-state index >= 15 is 0 Å². The number of hydrogen-bond donors (Lipinski definition) is 0. The Bertz CT molecular complexity index is 791. The lowest BCUT2D eigenvalue weighted by molar-refractivity contribution is -0.119. The predicted molar refractivity (Wildman–Crippen MR) is 68.8 cm³/mol. The summed E-state index contributed by atoms with van der Waals surface area (Å²) in [5, 5.41) is 2.01. The van der Waals surface area contributed by atoms with Gasteiger partial charge in [0.05, 0.1) is 5.92 Å². The summed E-state index contributed by atoms with van der Waals surface area (Å²) < 4.78 is 0. The summed E-state index contributed by atoms with van der Waals surface area (Å²) in [6.45, 7) is 0. The summed E-state index contributed by atoms with van der Waals surface area (Å²) in [5.41, 5.74) is 2.75. The first-order chi connectivity index (χ1) is 8.75. The minimum atomic E-state index is -0.226. The van der Waals surface area contributed by atoms with Gasteiger partial charge in [-0.1, -0.05) is 36.4 Å². The normalized spacial score (nSPS) is 23.4. The van der Waals surface area contributed by atoms with Gasteiger partial charge in [-0.15, -0.1) is 0 Å². The van der Waals surface area contributed by atoms with Gasteiger partial charge in [-0.25, -0.2) is 0 Å². The highest BCUT2D eigenvalue weighted by Gasteiger charge is 2.33. The van der Waals surface area contributed by atoms with E-state index in [2.05, 4.69) is 0 Å². The number of carbonyl (C=O) groups is 2. The average molecular weight is 234 g/mol.